The summed E-state index contributed by atoms with van der Waals surface area (Å²) in [5.74, 6) is -0.564. The molecule has 3 atom stereocenters. The molecule has 0 unspecified atom stereocenters. The van der Waals surface area contributed by atoms with Gasteiger partial charge in [-0.1, -0.05) is 18.5 Å². The first-order valence-corrected chi connectivity index (χ1v) is 10.1. The summed E-state index contributed by atoms with van der Waals surface area (Å²) in [6.45, 7) is 3.39. The van der Waals surface area contributed by atoms with Crippen LogP contribution in [-0.2, 0) is 0 Å². The quantitative estimate of drug-likeness (QED) is 0.737. The van der Waals surface area contributed by atoms with Gasteiger partial charge >= 0.3 is 6.16 Å². The fraction of sp³-hybridized carbons (Fsp3) is 0.500. The number of rotatable bonds is 3. The highest BCUT2D eigenvalue weighted by molar-refractivity contribution is 6.38. The number of hydrogen-bond acceptors (Lipinski definition) is 5. The van der Waals surface area contributed by atoms with Gasteiger partial charge in [0.15, 0.2) is 5.75 Å². The van der Waals surface area contributed by atoms with E-state index < -0.39 is 17.4 Å². The highest BCUT2D eigenvalue weighted by atomic mass is 35.5. The number of hydrogen-bond donors (Lipinski definition) is 2. The smallest absolute Gasteiger partial charge is 0.449 e. The lowest BCUT2D eigenvalue weighted by Gasteiger charge is -2.47. The van der Waals surface area contributed by atoms with Crippen molar-refractivity contribution < 1.29 is 19.0 Å². The average molecular weight is 422 g/mol. The number of nitrogens with two attached hydrogens (primary N) is 1. The van der Waals surface area contributed by atoms with Gasteiger partial charge in [-0.2, -0.15) is 0 Å². The number of halogens is 2. The Morgan fingerprint density at radius 2 is 2.17 bits per heavy atom. The van der Waals surface area contributed by atoms with Gasteiger partial charge < -0.3 is 25.0 Å². The highest BCUT2D eigenvalue weighted by Gasteiger charge is 2.55. The zero-order chi connectivity index (χ0) is 20.7. The number of pyridine rings is 1. The van der Waals surface area contributed by atoms with Crippen LogP contribution in [0, 0.1) is 17.2 Å². The zero-order valence-electron chi connectivity index (χ0n) is 15.8. The number of aromatic nitrogens is 1. The van der Waals surface area contributed by atoms with Gasteiger partial charge in [-0.05, 0) is 31.2 Å². The highest BCUT2D eigenvalue weighted by Crippen LogP contribution is 2.53. The van der Waals surface area contributed by atoms with Crippen molar-refractivity contribution in [2.45, 2.75) is 38.3 Å². The van der Waals surface area contributed by atoms with Crippen LogP contribution in [0.1, 0.15) is 32.2 Å². The molecule has 2 aliphatic carbocycles. The summed E-state index contributed by atoms with van der Waals surface area (Å²) >= 11 is 6.70. The molecule has 0 radical (unpaired) electrons. The Kier molecular flexibility index (Phi) is 3.93. The molecule has 0 bridgehead atoms. The Balaban J connectivity index is 1.69. The Hall–Kier alpha value is -2.32. The molecule has 0 spiro atoms. The van der Waals surface area contributed by atoms with Gasteiger partial charge in [-0.25, -0.2) is 9.18 Å². The summed E-state index contributed by atoms with van der Waals surface area (Å²) in [5.41, 5.74) is 6.13. The Labute approximate surface area is 170 Å². The molecule has 9 heteroatoms. The van der Waals surface area contributed by atoms with Gasteiger partial charge in [0.25, 0.3) is 0 Å². The number of benzene rings is 1. The van der Waals surface area contributed by atoms with Crippen molar-refractivity contribution in [1.82, 2.24) is 4.57 Å². The van der Waals surface area contributed by atoms with E-state index in [0.29, 0.717) is 24.5 Å². The second-order valence-corrected chi connectivity index (χ2v) is 9.05. The molecule has 1 saturated heterocycles. The summed E-state index contributed by atoms with van der Waals surface area (Å²) in [7, 11) is 0. The lowest BCUT2D eigenvalue weighted by molar-refractivity contribution is 0.0721. The predicted octanol–water partition coefficient (Wildman–Crippen LogP) is 3.36. The van der Waals surface area contributed by atoms with Crippen LogP contribution in [0.15, 0.2) is 17.1 Å². The fourth-order valence-electron chi connectivity index (χ4n) is 4.93. The number of fused-ring (bicyclic) bond motifs is 2. The largest absolute Gasteiger partial charge is 0.511 e. The van der Waals surface area contributed by atoms with Crippen molar-refractivity contribution in [3.8, 4) is 5.75 Å². The first-order valence-electron chi connectivity index (χ1n) is 9.69. The molecule has 3 aliphatic rings. The molecule has 1 aliphatic heterocycles. The number of nitrogens with zero attached hydrogens (tertiary/aromatic N) is 2. The van der Waals surface area contributed by atoms with E-state index in [-0.39, 0.29) is 39.3 Å². The van der Waals surface area contributed by atoms with E-state index in [0.717, 1.165) is 25.3 Å². The predicted molar refractivity (Wildman–Crippen MR) is 107 cm³/mol. The van der Waals surface area contributed by atoms with E-state index in [4.69, 9.17) is 22.4 Å². The minimum absolute atomic E-state index is 0.0204. The number of carboxylic acid groups (broad SMARTS) is 1. The molecule has 1 aromatic carbocycles. The van der Waals surface area contributed by atoms with Crippen molar-refractivity contribution in [3.05, 3.63) is 33.3 Å². The van der Waals surface area contributed by atoms with Crippen molar-refractivity contribution in [2.24, 2.45) is 17.1 Å². The summed E-state index contributed by atoms with van der Waals surface area (Å²) in [6.07, 6.45) is 2.42. The number of ether oxygens (including phenoxy) is 1. The van der Waals surface area contributed by atoms with Crippen LogP contribution in [0.5, 0.6) is 5.75 Å². The van der Waals surface area contributed by atoms with E-state index in [2.05, 4.69) is 11.7 Å². The molecular weight excluding hydrogens is 401 g/mol. The molecule has 2 saturated carbocycles. The third-order valence-electron chi connectivity index (χ3n) is 6.90. The van der Waals surface area contributed by atoms with Gasteiger partial charge in [-0.15, -0.1) is 0 Å². The summed E-state index contributed by atoms with van der Waals surface area (Å²) in [5, 5.41) is 9.11. The molecule has 0 amide bonds. The Bertz CT molecular complexity index is 1120. The second-order valence-electron chi connectivity index (χ2n) is 8.67. The normalized spacial score (nSPS) is 28.3. The molecule has 7 nitrogen and oxygen atoms in total. The van der Waals surface area contributed by atoms with Gasteiger partial charge in [0, 0.05) is 30.6 Å². The maximum Gasteiger partial charge on any atom is 0.511 e. The molecule has 3 fully saturated rings. The Morgan fingerprint density at radius 1 is 1.45 bits per heavy atom. The first-order chi connectivity index (χ1) is 13.7. The van der Waals surface area contributed by atoms with Gasteiger partial charge in [0.2, 0.25) is 5.43 Å². The molecule has 1 aromatic heterocycles. The topological polar surface area (TPSA) is 97.8 Å². The van der Waals surface area contributed by atoms with Crippen LogP contribution in [0.25, 0.3) is 10.9 Å². The minimum atomic E-state index is -1.59. The number of carbonyl (C=O) groups is 1. The molecule has 2 aromatic rings. The van der Waals surface area contributed by atoms with Crippen molar-refractivity contribution >= 4 is 34.3 Å². The van der Waals surface area contributed by atoms with Crippen molar-refractivity contribution in [3.63, 3.8) is 0 Å². The molecule has 5 rings (SSSR count). The zero-order valence-corrected chi connectivity index (χ0v) is 16.6. The summed E-state index contributed by atoms with van der Waals surface area (Å²) in [4.78, 5) is 25.6. The number of anilines is 1. The summed E-state index contributed by atoms with van der Waals surface area (Å²) < 4.78 is 21.6. The van der Waals surface area contributed by atoms with Gasteiger partial charge in [0.1, 0.15) is 5.82 Å². The van der Waals surface area contributed by atoms with E-state index in [1.54, 1.807) is 4.57 Å². The average Bonchev–Trinajstić information content (AvgIpc) is 3.44. The van der Waals surface area contributed by atoms with E-state index >= 15 is 4.39 Å². The van der Waals surface area contributed by atoms with Crippen LogP contribution < -0.4 is 20.8 Å². The standard InChI is InChI=1S/C20H21ClFN3O4/c1-20-8-24(6-9(20)4-14(20)23)17-12(22)5-11-16(15(17)21)25(10-2-3-10)7-13(18(11)26)29-19(27)28/h5,7,9-10,14H,2-4,6,8,23H2,1H3,(H,27,28)/t9-,14-,20+/m0/s1. The van der Waals surface area contributed by atoms with Crippen LogP contribution in [0.2, 0.25) is 5.02 Å². The van der Waals surface area contributed by atoms with E-state index in [1.807, 2.05) is 4.90 Å². The third-order valence-corrected chi connectivity index (χ3v) is 7.25. The van der Waals surface area contributed by atoms with Crippen LogP contribution in [-0.4, -0.2) is 35.0 Å². The van der Waals surface area contributed by atoms with Crippen LogP contribution in [0.4, 0.5) is 14.9 Å². The molecule has 2 heterocycles. The maximum absolute atomic E-state index is 15.2. The minimum Gasteiger partial charge on any atom is -0.449 e. The maximum atomic E-state index is 15.2. The molecular formula is C20H21ClFN3O4. The van der Waals surface area contributed by atoms with Crippen LogP contribution in [0.3, 0.4) is 0 Å². The lowest BCUT2D eigenvalue weighted by Crippen LogP contribution is -2.55. The SMILES string of the molecule is C[C@@]12CN(c3c(F)cc4c(=O)c(OC(=O)O)cn(C5CC5)c4c3Cl)C[C@@H]1C[C@@H]2N. The van der Waals surface area contributed by atoms with Crippen LogP contribution >= 0.6 is 11.6 Å². The van der Waals surface area contributed by atoms with Gasteiger partial charge in [0.05, 0.1) is 27.8 Å². The second kappa shape index (κ2) is 6.09. The van der Waals surface area contributed by atoms with Gasteiger partial charge in [-0.3, -0.25) is 4.79 Å². The Morgan fingerprint density at radius 3 is 2.76 bits per heavy atom. The lowest BCUT2D eigenvalue weighted by atomic mass is 9.60. The first kappa shape index (κ1) is 18.7. The molecule has 154 valence electrons. The fourth-order valence-corrected chi connectivity index (χ4v) is 5.34. The molecule has 29 heavy (non-hydrogen) atoms. The van der Waals surface area contributed by atoms with E-state index in [1.165, 1.54) is 6.20 Å². The molecule has 3 N–H and O–H groups in total. The summed E-state index contributed by atoms with van der Waals surface area (Å²) in [6, 6.07) is 1.31. The monoisotopic (exact) mass is 421 g/mol. The van der Waals surface area contributed by atoms with Crippen molar-refractivity contribution in [2.75, 3.05) is 18.0 Å². The van der Waals surface area contributed by atoms with E-state index in [9.17, 15) is 9.59 Å². The van der Waals surface area contributed by atoms with Crippen molar-refractivity contribution in [1.29, 1.82) is 0 Å². The third kappa shape index (κ3) is 2.65.